The van der Waals surface area contributed by atoms with Crippen molar-refractivity contribution in [3.8, 4) is 5.75 Å². The molecule has 0 bridgehead atoms. The predicted molar refractivity (Wildman–Crippen MR) is 61.4 cm³/mol. The molecule has 0 aliphatic rings. The van der Waals surface area contributed by atoms with E-state index < -0.39 is 24.5 Å². The molecule has 0 heterocycles. The highest BCUT2D eigenvalue weighted by Crippen LogP contribution is 2.18. The number of rotatable bonds is 7. The molecule has 0 saturated heterocycles. The second kappa shape index (κ2) is 7.30. The standard InChI is InChI=1S/C12H15F4NO2/c13-9-1-3-11(4-2-9)19-8-10(18)7-17-6-5-12(14,15)16/h1-4,10,17-18H,5-8H2. The van der Waals surface area contributed by atoms with E-state index in [0.717, 1.165) is 0 Å². The molecule has 108 valence electrons. The zero-order valence-corrected chi connectivity index (χ0v) is 10.1. The SMILES string of the molecule is OC(CNCCC(F)(F)F)COc1ccc(F)cc1. The third-order valence-corrected chi connectivity index (χ3v) is 2.22. The molecule has 1 rings (SSSR count). The van der Waals surface area contributed by atoms with Gasteiger partial charge in [-0.3, -0.25) is 0 Å². The Morgan fingerprint density at radius 1 is 1.21 bits per heavy atom. The van der Waals surface area contributed by atoms with Gasteiger partial charge in [0, 0.05) is 13.1 Å². The van der Waals surface area contributed by atoms with E-state index in [9.17, 15) is 22.7 Å². The number of benzene rings is 1. The first-order chi connectivity index (χ1) is 8.87. The number of halogens is 4. The third-order valence-electron chi connectivity index (χ3n) is 2.22. The lowest BCUT2D eigenvalue weighted by atomic mass is 10.3. The molecule has 0 spiro atoms. The van der Waals surface area contributed by atoms with Crippen molar-refractivity contribution >= 4 is 0 Å². The number of hydrogen-bond donors (Lipinski definition) is 2. The molecule has 3 nitrogen and oxygen atoms in total. The molecular weight excluding hydrogens is 266 g/mol. The number of aliphatic hydroxyl groups excluding tert-OH is 1. The van der Waals surface area contributed by atoms with Crippen molar-refractivity contribution in [1.82, 2.24) is 5.32 Å². The van der Waals surface area contributed by atoms with Crippen molar-refractivity contribution in [2.75, 3.05) is 19.7 Å². The molecular formula is C12H15F4NO2. The lowest BCUT2D eigenvalue weighted by Crippen LogP contribution is -2.33. The summed E-state index contributed by atoms with van der Waals surface area (Å²) in [5.74, 6) is -0.0162. The number of aliphatic hydroxyl groups is 1. The van der Waals surface area contributed by atoms with Crippen LogP contribution in [0.5, 0.6) is 5.75 Å². The molecule has 1 aromatic rings. The van der Waals surface area contributed by atoms with Gasteiger partial charge in [0.15, 0.2) is 0 Å². The van der Waals surface area contributed by atoms with Gasteiger partial charge in [-0.15, -0.1) is 0 Å². The van der Waals surface area contributed by atoms with Gasteiger partial charge in [0.1, 0.15) is 24.3 Å². The van der Waals surface area contributed by atoms with Crippen molar-refractivity contribution in [2.45, 2.75) is 18.7 Å². The predicted octanol–water partition coefficient (Wildman–Crippen LogP) is 2.11. The summed E-state index contributed by atoms with van der Waals surface area (Å²) in [6.07, 6.45) is -6.08. The van der Waals surface area contributed by atoms with Crippen LogP contribution in [0, 0.1) is 5.82 Å². The Bertz CT molecular complexity index is 367. The van der Waals surface area contributed by atoms with Crippen molar-refractivity contribution in [1.29, 1.82) is 0 Å². The summed E-state index contributed by atoms with van der Waals surface area (Å²) >= 11 is 0. The maximum Gasteiger partial charge on any atom is 0.390 e. The molecule has 0 aliphatic heterocycles. The van der Waals surface area contributed by atoms with Crippen LogP contribution < -0.4 is 10.1 Å². The van der Waals surface area contributed by atoms with Crippen LogP contribution >= 0.6 is 0 Å². The Labute approximate surface area is 108 Å². The summed E-state index contributed by atoms with van der Waals surface area (Å²) in [7, 11) is 0. The largest absolute Gasteiger partial charge is 0.491 e. The Morgan fingerprint density at radius 3 is 2.42 bits per heavy atom. The molecule has 2 N–H and O–H groups in total. The van der Waals surface area contributed by atoms with Gasteiger partial charge in [0.25, 0.3) is 0 Å². The monoisotopic (exact) mass is 281 g/mol. The molecule has 0 saturated carbocycles. The Kier molecular flexibility index (Phi) is 6.04. The van der Waals surface area contributed by atoms with Crippen LogP contribution in [-0.4, -0.2) is 37.1 Å². The molecule has 7 heteroatoms. The molecule has 1 atom stereocenters. The van der Waals surface area contributed by atoms with E-state index in [2.05, 4.69) is 5.32 Å². The molecule has 1 unspecified atom stereocenters. The summed E-state index contributed by atoms with van der Waals surface area (Å²) in [6, 6.07) is 5.23. The fraction of sp³-hybridized carbons (Fsp3) is 0.500. The highest BCUT2D eigenvalue weighted by atomic mass is 19.4. The smallest absolute Gasteiger partial charge is 0.390 e. The van der Waals surface area contributed by atoms with Gasteiger partial charge in [-0.05, 0) is 24.3 Å². The Hall–Kier alpha value is -1.34. The van der Waals surface area contributed by atoms with Crippen molar-refractivity contribution in [3.63, 3.8) is 0 Å². The van der Waals surface area contributed by atoms with Crippen LogP contribution in [0.4, 0.5) is 17.6 Å². The summed E-state index contributed by atoms with van der Waals surface area (Å²) in [5, 5.41) is 11.9. The summed E-state index contributed by atoms with van der Waals surface area (Å²) < 4.78 is 53.2. The zero-order valence-electron chi connectivity index (χ0n) is 10.1. The second-order valence-corrected chi connectivity index (χ2v) is 3.99. The summed E-state index contributed by atoms with van der Waals surface area (Å²) in [5.41, 5.74) is 0. The highest BCUT2D eigenvalue weighted by molar-refractivity contribution is 5.22. The first-order valence-electron chi connectivity index (χ1n) is 5.71. The van der Waals surface area contributed by atoms with E-state index in [1.165, 1.54) is 24.3 Å². The number of alkyl halides is 3. The lowest BCUT2D eigenvalue weighted by Gasteiger charge is -2.13. The topological polar surface area (TPSA) is 41.5 Å². The van der Waals surface area contributed by atoms with E-state index in [0.29, 0.717) is 5.75 Å². The second-order valence-electron chi connectivity index (χ2n) is 3.99. The van der Waals surface area contributed by atoms with Crippen molar-refractivity contribution in [3.05, 3.63) is 30.1 Å². The molecule has 0 radical (unpaired) electrons. The lowest BCUT2D eigenvalue weighted by molar-refractivity contribution is -0.133. The highest BCUT2D eigenvalue weighted by Gasteiger charge is 2.26. The minimum Gasteiger partial charge on any atom is -0.491 e. The molecule has 0 aliphatic carbocycles. The van der Waals surface area contributed by atoms with E-state index >= 15 is 0 Å². The Morgan fingerprint density at radius 2 is 1.84 bits per heavy atom. The Balaban J connectivity index is 2.14. The van der Waals surface area contributed by atoms with Crippen LogP contribution in [0.2, 0.25) is 0 Å². The van der Waals surface area contributed by atoms with E-state index in [1.54, 1.807) is 0 Å². The number of hydrogen-bond acceptors (Lipinski definition) is 3. The minimum atomic E-state index is -4.21. The maximum atomic E-state index is 12.6. The molecule has 0 fully saturated rings. The van der Waals surface area contributed by atoms with Gasteiger partial charge in [-0.1, -0.05) is 0 Å². The van der Waals surface area contributed by atoms with Crippen LogP contribution in [0.25, 0.3) is 0 Å². The van der Waals surface area contributed by atoms with Gasteiger partial charge in [0.05, 0.1) is 6.42 Å². The van der Waals surface area contributed by atoms with E-state index in [4.69, 9.17) is 4.74 Å². The molecule has 0 aromatic heterocycles. The maximum absolute atomic E-state index is 12.6. The minimum absolute atomic E-state index is 0.00270. The normalized spacial score (nSPS) is 13.3. The van der Waals surface area contributed by atoms with Crippen LogP contribution in [-0.2, 0) is 0 Å². The first-order valence-corrected chi connectivity index (χ1v) is 5.71. The van der Waals surface area contributed by atoms with Crippen LogP contribution in [0.1, 0.15) is 6.42 Å². The average Bonchev–Trinajstić information content (AvgIpc) is 2.33. The molecule has 19 heavy (non-hydrogen) atoms. The van der Waals surface area contributed by atoms with Crippen LogP contribution in [0.15, 0.2) is 24.3 Å². The quantitative estimate of drug-likeness (QED) is 0.594. The number of nitrogens with one attached hydrogen (secondary N) is 1. The van der Waals surface area contributed by atoms with Gasteiger partial charge in [-0.2, -0.15) is 13.2 Å². The van der Waals surface area contributed by atoms with Crippen molar-refractivity contribution < 1.29 is 27.4 Å². The molecule has 0 amide bonds. The summed E-state index contributed by atoms with van der Waals surface area (Å²) in [6.45, 7) is -0.334. The van der Waals surface area contributed by atoms with Gasteiger partial charge in [0.2, 0.25) is 0 Å². The number of ether oxygens (including phenoxy) is 1. The van der Waals surface area contributed by atoms with Gasteiger partial charge >= 0.3 is 6.18 Å². The average molecular weight is 281 g/mol. The van der Waals surface area contributed by atoms with E-state index in [1.807, 2.05) is 0 Å². The fourth-order valence-corrected chi connectivity index (χ4v) is 1.28. The van der Waals surface area contributed by atoms with Gasteiger partial charge in [-0.25, -0.2) is 4.39 Å². The summed E-state index contributed by atoms with van der Waals surface area (Å²) in [4.78, 5) is 0. The van der Waals surface area contributed by atoms with E-state index in [-0.39, 0.29) is 19.7 Å². The first kappa shape index (κ1) is 15.7. The zero-order chi connectivity index (χ0) is 14.3. The third kappa shape index (κ3) is 7.63. The van der Waals surface area contributed by atoms with Crippen LogP contribution in [0.3, 0.4) is 0 Å². The van der Waals surface area contributed by atoms with Crippen molar-refractivity contribution in [2.24, 2.45) is 0 Å². The van der Waals surface area contributed by atoms with Gasteiger partial charge < -0.3 is 15.2 Å². The molecule has 1 aromatic carbocycles. The fourth-order valence-electron chi connectivity index (χ4n) is 1.28.